The molecule has 2 rings (SSSR count). The predicted molar refractivity (Wildman–Crippen MR) is 74.3 cm³/mol. The van der Waals surface area contributed by atoms with E-state index < -0.39 is 11.6 Å². The minimum Gasteiger partial charge on any atom is -0.399 e. The van der Waals surface area contributed by atoms with Crippen molar-refractivity contribution in [2.24, 2.45) is 0 Å². The van der Waals surface area contributed by atoms with Crippen LogP contribution in [0.4, 0.5) is 20.2 Å². The lowest BCUT2D eigenvalue weighted by Crippen LogP contribution is -2.28. The molecular formula is C15H14F2N2O. The van der Waals surface area contributed by atoms with Gasteiger partial charge >= 0.3 is 0 Å². The largest absolute Gasteiger partial charge is 0.399 e. The monoisotopic (exact) mass is 276 g/mol. The van der Waals surface area contributed by atoms with E-state index in [1.165, 1.54) is 11.0 Å². The Bertz CT molecular complexity index is 626. The summed E-state index contributed by atoms with van der Waals surface area (Å²) >= 11 is 0. The molecule has 0 saturated heterocycles. The summed E-state index contributed by atoms with van der Waals surface area (Å²) in [5.41, 5.74) is 6.99. The van der Waals surface area contributed by atoms with Crippen molar-refractivity contribution in [3.05, 3.63) is 59.7 Å². The van der Waals surface area contributed by atoms with Crippen LogP contribution in [0.2, 0.25) is 0 Å². The molecule has 2 N–H and O–H groups in total. The molecule has 0 heterocycles. The van der Waals surface area contributed by atoms with Crippen molar-refractivity contribution in [2.45, 2.75) is 6.42 Å². The summed E-state index contributed by atoms with van der Waals surface area (Å²) in [5.74, 6) is -1.67. The summed E-state index contributed by atoms with van der Waals surface area (Å²) in [4.78, 5) is 13.5. The van der Waals surface area contributed by atoms with Crippen molar-refractivity contribution in [3.63, 3.8) is 0 Å². The zero-order chi connectivity index (χ0) is 14.7. The lowest BCUT2D eigenvalue weighted by atomic mass is 10.1. The number of nitrogens with zero attached hydrogens (tertiary/aromatic N) is 1. The van der Waals surface area contributed by atoms with Crippen LogP contribution in [0.1, 0.15) is 5.56 Å². The predicted octanol–water partition coefficient (Wildman–Crippen LogP) is 2.75. The maximum absolute atomic E-state index is 13.5. The quantitative estimate of drug-likeness (QED) is 0.876. The van der Waals surface area contributed by atoms with Crippen LogP contribution in [0.3, 0.4) is 0 Å². The highest BCUT2D eigenvalue weighted by molar-refractivity contribution is 5.94. The van der Waals surface area contributed by atoms with E-state index in [1.807, 2.05) is 0 Å². The summed E-state index contributed by atoms with van der Waals surface area (Å²) in [6.45, 7) is 0. The Morgan fingerprint density at radius 1 is 1.15 bits per heavy atom. The van der Waals surface area contributed by atoms with Crippen LogP contribution in [0, 0.1) is 11.6 Å². The first kappa shape index (κ1) is 14.0. The van der Waals surface area contributed by atoms with Gasteiger partial charge in [0, 0.05) is 24.5 Å². The number of rotatable bonds is 3. The van der Waals surface area contributed by atoms with Gasteiger partial charge in [0.25, 0.3) is 0 Å². The molecule has 3 nitrogen and oxygen atoms in total. The van der Waals surface area contributed by atoms with Crippen LogP contribution in [-0.4, -0.2) is 13.0 Å². The molecule has 0 saturated carbocycles. The highest BCUT2D eigenvalue weighted by atomic mass is 19.1. The zero-order valence-electron chi connectivity index (χ0n) is 10.9. The van der Waals surface area contributed by atoms with Crippen molar-refractivity contribution in [2.75, 3.05) is 17.7 Å². The molecule has 2 aromatic rings. The van der Waals surface area contributed by atoms with Gasteiger partial charge in [0.15, 0.2) is 0 Å². The van der Waals surface area contributed by atoms with Gasteiger partial charge in [-0.05, 0) is 35.9 Å². The van der Waals surface area contributed by atoms with Crippen LogP contribution in [-0.2, 0) is 11.2 Å². The fraction of sp³-hybridized carbons (Fsp3) is 0.133. The van der Waals surface area contributed by atoms with E-state index in [4.69, 9.17) is 5.73 Å². The molecule has 0 spiro atoms. The van der Waals surface area contributed by atoms with Crippen molar-refractivity contribution in [1.82, 2.24) is 0 Å². The molecule has 0 aromatic heterocycles. The van der Waals surface area contributed by atoms with Crippen molar-refractivity contribution in [3.8, 4) is 0 Å². The van der Waals surface area contributed by atoms with Gasteiger partial charge in [0.2, 0.25) is 5.91 Å². The smallest absolute Gasteiger partial charge is 0.231 e. The molecule has 0 aliphatic carbocycles. The molecule has 0 radical (unpaired) electrons. The van der Waals surface area contributed by atoms with Crippen LogP contribution in [0.15, 0.2) is 42.5 Å². The van der Waals surface area contributed by atoms with E-state index in [0.29, 0.717) is 11.4 Å². The van der Waals surface area contributed by atoms with E-state index >= 15 is 0 Å². The van der Waals surface area contributed by atoms with Gasteiger partial charge in [0.1, 0.15) is 11.6 Å². The van der Waals surface area contributed by atoms with Crippen molar-refractivity contribution < 1.29 is 13.6 Å². The Kier molecular flexibility index (Phi) is 3.98. The number of benzene rings is 2. The number of anilines is 2. The number of carbonyl (C=O) groups excluding carboxylic acids is 1. The Hall–Kier alpha value is -2.43. The molecule has 0 aliphatic heterocycles. The third-order valence-electron chi connectivity index (χ3n) is 3.01. The lowest BCUT2D eigenvalue weighted by Gasteiger charge is -2.17. The average molecular weight is 276 g/mol. The highest BCUT2D eigenvalue weighted by Gasteiger charge is 2.14. The summed E-state index contributed by atoms with van der Waals surface area (Å²) in [5, 5.41) is 0. The van der Waals surface area contributed by atoms with Gasteiger partial charge in [-0.1, -0.05) is 6.07 Å². The first-order valence-corrected chi connectivity index (χ1v) is 6.03. The maximum atomic E-state index is 13.5. The highest BCUT2D eigenvalue weighted by Crippen LogP contribution is 2.17. The van der Waals surface area contributed by atoms with E-state index in [2.05, 4.69) is 0 Å². The van der Waals surface area contributed by atoms with Crippen LogP contribution >= 0.6 is 0 Å². The Morgan fingerprint density at radius 2 is 1.80 bits per heavy atom. The number of hydrogen-bond acceptors (Lipinski definition) is 2. The number of nitrogen functional groups attached to an aromatic ring is 1. The standard InChI is InChI=1S/C15H14F2N2O/c1-19(13-6-4-12(18)5-7-13)15(20)8-10-2-3-11(16)9-14(10)17/h2-7,9H,8,18H2,1H3. The Labute approximate surface area is 115 Å². The van der Waals surface area contributed by atoms with Gasteiger partial charge in [-0.25, -0.2) is 8.78 Å². The molecular weight excluding hydrogens is 262 g/mol. The number of amides is 1. The Morgan fingerprint density at radius 3 is 2.40 bits per heavy atom. The maximum Gasteiger partial charge on any atom is 0.231 e. The summed E-state index contributed by atoms with van der Waals surface area (Å²) in [6, 6.07) is 9.94. The number of nitrogens with two attached hydrogens (primary N) is 1. The minimum absolute atomic E-state index is 0.132. The number of hydrogen-bond donors (Lipinski definition) is 1. The van der Waals surface area contributed by atoms with Crippen LogP contribution < -0.4 is 10.6 Å². The van der Waals surface area contributed by atoms with E-state index in [9.17, 15) is 13.6 Å². The second-order valence-corrected chi connectivity index (χ2v) is 4.46. The van der Waals surface area contributed by atoms with Gasteiger partial charge in [0.05, 0.1) is 6.42 Å². The molecule has 2 aromatic carbocycles. The second kappa shape index (κ2) is 5.69. The SMILES string of the molecule is CN(C(=O)Cc1ccc(F)cc1F)c1ccc(N)cc1. The van der Waals surface area contributed by atoms with E-state index in [1.54, 1.807) is 31.3 Å². The molecule has 0 unspecified atom stereocenters. The first-order chi connectivity index (χ1) is 9.47. The molecule has 1 amide bonds. The number of carbonyl (C=O) groups is 1. The van der Waals surface area contributed by atoms with Gasteiger partial charge in [-0.15, -0.1) is 0 Å². The molecule has 0 bridgehead atoms. The van der Waals surface area contributed by atoms with Crippen LogP contribution in [0.25, 0.3) is 0 Å². The molecule has 0 fully saturated rings. The molecule has 0 aliphatic rings. The van der Waals surface area contributed by atoms with Gasteiger partial charge < -0.3 is 10.6 Å². The first-order valence-electron chi connectivity index (χ1n) is 6.03. The molecule has 5 heteroatoms. The third-order valence-corrected chi connectivity index (χ3v) is 3.01. The fourth-order valence-corrected chi connectivity index (χ4v) is 1.79. The average Bonchev–Trinajstić information content (AvgIpc) is 2.42. The minimum atomic E-state index is -0.718. The fourth-order valence-electron chi connectivity index (χ4n) is 1.79. The normalized spacial score (nSPS) is 10.3. The van der Waals surface area contributed by atoms with Crippen molar-refractivity contribution in [1.29, 1.82) is 0 Å². The molecule has 20 heavy (non-hydrogen) atoms. The number of halogens is 2. The van der Waals surface area contributed by atoms with E-state index in [0.717, 1.165) is 12.1 Å². The lowest BCUT2D eigenvalue weighted by molar-refractivity contribution is -0.117. The molecule has 104 valence electrons. The third kappa shape index (κ3) is 3.12. The topological polar surface area (TPSA) is 46.3 Å². The Balaban J connectivity index is 2.13. The zero-order valence-corrected chi connectivity index (χ0v) is 10.9. The van der Waals surface area contributed by atoms with Crippen molar-refractivity contribution >= 4 is 17.3 Å². The summed E-state index contributed by atoms with van der Waals surface area (Å²) in [6.07, 6.45) is -0.132. The van der Waals surface area contributed by atoms with E-state index in [-0.39, 0.29) is 17.9 Å². The van der Waals surface area contributed by atoms with Crippen LogP contribution in [0.5, 0.6) is 0 Å². The van der Waals surface area contributed by atoms with Gasteiger partial charge in [-0.3, -0.25) is 4.79 Å². The van der Waals surface area contributed by atoms with Gasteiger partial charge in [-0.2, -0.15) is 0 Å². The summed E-state index contributed by atoms with van der Waals surface area (Å²) < 4.78 is 26.3. The summed E-state index contributed by atoms with van der Waals surface area (Å²) in [7, 11) is 1.59. The second-order valence-electron chi connectivity index (χ2n) is 4.46. The number of likely N-dealkylation sites (N-methyl/N-ethyl adjacent to an activating group) is 1. The molecule has 0 atom stereocenters.